The van der Waals surface area contributed by atoms with E-state index in [9.17, 15) is 5.11 Å². The fourth-order valence-corrected chi connectivity index (χ4v) is 1.63. The molecule has 0 aromatic heterocycles. The molecule has 2 aromatic carbocycles. The van der Waals surface area contributed by atoms with Gasteiger partial charge in [-0.3, -0.25) is 0 Å². The Bertz CT molecular complexity index is 499. The molecule has 4 heteroatoms. The summed E-state index contributed by atoms with van der Waals surface area (Å²) in [6.07, 6.45) is -0.635. The first kappa shape index (κ1) is 14.4. The molecule has 2 rings (SSSR count). The third-order valence-electron chi connectivity index (χ3n) is 2.79. The maximum absolute atomic E-state index is 9.31. The summed E-state index contributed by atoms with van der Waals surface area (Å²) in [5.41, 5.74) is 6.43. The Hall–Kier alpha value is -2.04. The van der Waals surface area contributed by atoms with E-state index in [2.05, 4.69) is 0 Å². The van der Waals surface area contributed by atoms with Crippen LogP contribution in [0.5, 0.6) is 11.5 Å². The van der Waals surface area contributed by atoms with Crippen LogP contribution in [-0.4, -0.2) is 24.4 Å². The van der Waals surface area contributed by atoms with Crippen molar-refractivity contribution >= 4 is 0 Å². The van der Waals surface area contributed by atoms with Crippen molar-refractivity contribution < 1.29 is 14.6 Å². The highest BCUT2D eigenvalue weighted by Gasteiger charge is 2.02. The van der Waals surface area contributed by atoms with Gasteiger partial charge in [-0.05, 0) is 29.8 Å². The number of rotatable bonds is 7. The van der Waals surface area contributed by atoms with Gasteiger partial charge in [0.15, 0.2) is 0 Å². The lowest BCUT2D eigenvalue weighted by atomic mass is 10.2. The molecule has 0 fully saturated rings. The van der Waals surface area contributed by atoms with Crippen molar-refractivity contribution in [2.24, 2.45) is 5.73 Å². The van der Waals surface area contributed by atoms with Crippen LogP contribution in [-0.2, 0) is 6.61 Å². The Kier molecular flexibility index (Phi) is 5.41. The van der Waals surface area contributed by atoms with Crippen LogP contribution in [0.25, 0.3) is 0 Å². The summed E-state index contributed by atoms with van der Waals surface area (Å²) in [5.74, 6) is 1.46. The molecule has 0 aliphatic carbocycles. The third kappa shape index (κ3) is 4.57. The van der Waals surface area contributed by atoms with E-state index in [1.807, 2.05) is 54.6 Å². The average molecular weight is 273 g/mol. The Morgan fingerprint density at radius 2 is 1.50 bits per heavy atom. The van der Waals surface area contributed by atoms with Crippen LogP contribution in [0.3, 0.4) is 0 Å². The predicted octanol–water partition coefficient (Wildman–Crippen LogP) is 1.96. The van der Waals surface area contributed by atoms with Gasteiger partial charge in [-0.25, -0.2) is 0 Å². The van der Waals surface area contributed by atoms with E-state index in [-0.39, 0.29) is 13.2 Å². The minimum absolute atomic E-state index is 0.193. The second-order valence-electron chi connectivity index (χ2n) is 4.45. The van der Waals surface area contributed by atoms with Gasteiger partial charge in [0.05, 0.1) is 0 Å². The number of benzene rings is 2. The van der Waals surface area contributed by atoms with Gasteiger partial charge in [-0.1, -0.05) is 30.3 Å². The number of ether oxygens (including phenoxy) is 2. The molecule has 0 amide bonds. The number of hydrogen-bond donors (Lipinski definition) is 2. The zero-order valence-corrected chi connectivity index (χ0v) is 11.2. The van der Waals surface area contributed by atoms with Crippen LogP contribution in [0.4, 0.5) is 0 Å². The van der Waals surface area contributed by atoms with Crippen LogP contribution in [0.15, 0.2) is 54.6 Å². The van der Waals surface area contributed by atoms with E-state index in [0.29, 0.717) is 12.4 Å². The van der Waals surface area contributed by atoms with E-state index in [1.54, 1.807) is 0 Å². The van der Waals surface area contributed by atoms with E-state index >= 15 is 0 Å². The van der Waals surface area contributed by atoms with Gasteiger partial charge in [0.2, 0.25) is 0 Å². The maximum Gasteiger partial charge on any atom is 0.120 e. The summed E-state index contributed by atoms with van der Waals surface area (Å²) in [4.78, 5) is 0. The maximum atomic E-state index is 9.31. The second-order valence-corrected chi connectivity index (χ2v) is 4.45. The predicted molar refractivity (Wildman–Crippen MR) is 77.8 cm³/mol. The first-order chi connectivity index (χ1) is 9.78. The largest absolute Gasteiger partial charge is 0.491 e. The quantitative estimate of drug-likeness (QED) is 0.809. The van der Waals surface area contributed by atoms with Crippen molar-refractivity contribution in [1.29, 1.82) is 0 Å². The zero-order chi connectivity index (χ0) is 14.2. The van der Waals surface area contributed by atoms with Crippen LogP contribution in [0.1, 0.15) is 5.56 Å². The van der Waals surface area contributed by atoms with Crippen LogP contribution in [0, 0.1) is 0 Å². The number of aliphatic hydroxyl groups excluding tert-OH is 1. The summed E-state index contributed by atoms with van der Waals surface area (Å²) in [6.45, 7) is 0.923. The fourth-order valence-electron chi connectivity index (χ4n) is 1.63. The lowest BCUT2D eigenvalue weighted by Crippen LogP contribution is -2.26. The Morgan fingerprint density at radius 3 is 2.10 bits per heavy atom. The van der Waals surface area contributed by atoms with Gasteiger partial charge in [-0.15, -0.1) is 0 Å². The lowest BCUT2D eigenvalue weighted by Gasteiger charge is -2.11. The van der Waals surface area contributed by atoms with Gasteiger partial charge in [-0.2, -0.15) is 0 Å². The van der Waals surface area contributed by atoms with E-state index < -0.39 is 6.10 Å². The first-order valence-corrected chi connectivity index (χ1v) is 6.55. The zero-order valence-electron chi connectivity index (χ0n) is 11.2. The minimum Gasteiger partial charge on any atom is -0.491 e. The first-order valence-electron chi connectivity index (χ1n) is 6.55. The molecule has 0 unspecified atom stereocenters. The number of nitrogens with two attached hydrogens (primary N) is 1. The Morgan fingerprint density at radius 1 is 0.900 bits per heavy atom. The molecule has 106 valence electrons. The monoisotopic (exact) mass is 273 g/mol. The van der Waals surface area contributed by atoms with Crippen molar-refractivity contribution in [3.63, 3.8) is 0 Å². The fraction of sp³-hybridized carbons (Fsp3) is 0.250. The van der Waals surface area contributed by atoms with Crippen molar-refractivity contribution in [1.82, 2.24) is 0 Å². The van der Waals surface area contributed by atoms with Crippen molar-refractivity contribution in [3.05, 3.63) is 60.2 Å². The van der Waals surface area contributed by atoms with E-state index in [0.717, 1.165) is 11.3 Å². The minimum atomic E-state index is -0.635. The van der Waals surface area contributed by atoms with E-state index in [4.69, 9.17) is 15.2 Å². The standard InChI is InChI=1S/C16H19NO3/c17-10-14(18)12-20-16-8-6-15(7-9-16)19-11-13-4-2-1-3-5-13/h1-9,14,18H,10-12,17H2/t14-/m0/s1. The molecule has 0 bridgehead atoms. The molecule has 0 saturated heterocycles. The molecule has 2 aromatic rings. The molecule has 0 saturated carbocycles. The molecule has 1 atom stereocenters. The Labute approximate surface area is 118 Å². The molecule has 0 aliphatic heterocycles. The lowest BCUT2D eigenvalue weighted by molar-refractivity contribution is 0.114. The molecule has 3 N–H and O–H groups in total. The topological polar surface area (TPSA) is 64.7 Å². The molecular formula is C16H19NO3. The highest BCUT2D eigenvalue weighted by Crippen LogP contribution is 2.18. The van der Waals surface area contributed by atoms with Crippen LogP contribution >= 0.6 is 0 Å². The van der Waals surface area contributed by atoms with Crippen LogP contribution < -0.4 is 15.2 Å². The third-order valence-corrected chi connectivity index (χ3v) is 2.79. The van der Waals surface area contributed by atoms with Gasteiger partial charge in [0.1, 0.15) is 30.8 Å². The SMILES string of the molecule is NC[C@H](O)COc1ccc(OCc2ccccc2)cc1. The van der Waals surface area contributed by atoms with Gasteiger partial charge >= 0.3 is 0 Å². The average Bonchev–Trinajstić information content (AvgIpc) is 2.52. The molecule has 0 aliphatic rings. The molecule has 4 nitrogen and oxygen atoms in total. The smallest absolute Gasteiger partial charge is 0.120 e. The van der Waals surface area contributed by atoms with Gasteiger partial charge < -0.3 is 20.3 Å². The van der Waals surface area contributed by atoms with Gasteiger partial charge in [0.25, 0.3) is 0 Å². The van der Waals surface area contributed by atoms with Crippen LogP contribution in [0.2, 0.25) is 0 Å². The summed E-state index contributed by atoms with van der Waals surface area (Å²) < 4.78 is 11.1. The number of hydrogen-bond acceptors (Lipinski definition) is 4. The summed E-state index contributed by atoms with van der Waals surface area (Å²) in [5, 5.41) is 9.31. The van der Waals surface area contributed by atoms with Gasteiger partial charge in [0, 0.05) is 6.54 Å². The highest BCUT2D eigenvalue weighted by molar-refractivity contribution is 5.31. The van der Waals surface area contributed by atoms with Crippen molar-refractivity contribution in [3.8, 4) is 11.5 Å². The molecule has 0 radical (unpaired) electrons. The summed E-state index contributed by atoms with van der Waals surface area (Å²) in [7, 11) is 0. The molecule has 0 spiro atoms. The second kappa shape index (κ2) is 7.53. The van der Waals surface area contributed by atoms with Crippen molar-refractivity contribution in [2.45, 2.75) is 12.7 Å². The van der Waals surface area contributed by atoms with Crippen molar-refractivity contribution in [2.75, 3.05) is 13.2 Å². The molecular weight excluding hydrogens is 254 g/mol. The normalized spacial score (nSPS) is 11.9. The molecule has 0 heterocycles. The number of aliphatic hydroxyl groups is 1. The molecule has 20 heavy (non-hydrogen) atoms. The highest BCUT2D eigenvalue weighted by atomic mass is 16.5. The Balaban J connectivity index is 1.82. The van der Waals surface area contributed by atoms with E-state index in [1.165, 1.54) is 0 Å². The summed E-state index contributed by atoms with van der Waals surface area (Å²) >= 11 is 0. The summed E-state index contributed by atoms with van der Waals surface area (Å²) in [6, 6.07) is 17.3.